The maximum atomic E-state index is 12.3. The first-order chi connectivity index (χ1) is 14.7. The molecule has 164 valence electrons. The van der Waals surface area contributed by atoms with Crippen LogP contribution in [0.1, 0.15) is 39.0 Å². The van der Waals surface area contributed by atoms with Crippen LogP contribution in [0.5, 0.6) is 5.75 Å². The monoisotopic (exact) mass is 424 g/mol. The van der Waals surface area contributed by atoms with Gasteiger partial charge in [0, 0.05) is 12.7 Å². The largest absolute Gasteiger partial charge is 0.494 e. The minimum absolute atomic E-state index is 0.171. The molecule has 0 radical (unpaired) electrons. The molecule has 2 aromatic rings. The number of alkyl carbamates (subject to hydrolysis) is 1. The highest BCUT2D eigenvalue weighted by Gasteiger charge is 2.52. The van der Waals surface area contributed by atoms with Crippen LogP contribution in [0.25, 0.3) is 6.08 Å². The van der Waals surface area contributed by atoms with E-state index < -0.39 is 24.4 Å². The number of rotatable bonds is 7. The number of hydrogen-bond acceptors (Lipinski definition) is 6. The first-order valence-corrected chi connectivity index (χ1v) is 10.2. The quantitative estimate of drug-likeness (QED) is 0.677. The molecule has 1 aliphatic rings. The second-order valence-corrected chi connectivity index (χ2v) is 8.31. The Labute approximate surface area is 183 Å². The van der Waals surface area contributed by atoms with E-state index in [4.69, 9.17) is 18.8 Å². The number of nitrogens with one attached hydrogen (secondary N) is 1. The summed E-state index contributed by atoms with van der Waals surface area (Å²) in [5.74, 6) is 0.614. The number of amides is 1. The van der Waals surface area contributed by atoms with Crippen LogP contribution in [0.4, 0.5) is 4.79 Å². The summed E-state index contributed by atoms with van der Waals surface area (Å²) in [6.07, 6.45) is 2.97. The van der Waals surface area contributed by atoms with Gasteiger partial charge in [-0.15, -0.1) is 0 Å². The smallest absolute Gasteiger partial charge is 0.492 e. The molecule has 8 heteroatoms. The van der Waals surface area contributed by atoms with E-state index in [2.05, 4.69) is 10.3 Å². The summed E-state index contributed by atoms with van der Waals surface area (Å²) in [5.41, 5.74) is 1.21. The molecule has 1 aliphatic heterocycles. The van der Waals surface area contributed by atoms with Crippen molar-refractivity contribution in [3.8, 4) is 5.75 Å². The predicted molar refractivity (Wildman–Crippen MR) is 119 cm³/mol. The third kappa shape index (κ3) is 5.65. The van der Waals surface area contributed by atoms with Crippen LogP contribution in [0.2, 0.25) is 0 Å². The molecule has 1 aromatic heterocycles. The fraction of sp³-hybridized carbons (Fsp3) is 0.391. The van der Waals surface area contributed by atoms with Crippen LogP contribution >= 0.6 is 0 Å². The third-order valence-electron chi connectivity index (χ3n) is 5.55. The molecule has 0 bridgehead atoms. The van der Waals surface area contributed by atoms with Gasteiger partial charge in [0.15, 0.2) is 0 Å². The highest BCUT2D eigenvalue weighted by Crippen LogP contribution is 2.39. The molecule has 7 nitrogen and oxygen atoms in total. The van der Waals surface area contributed by atoms with E-state index in [1.165, 1.54) is 0 Å². The van der Waals surface area contributed by atoms with Gasteiger partial charge in [-0.1, -0.05) is 30.3 Å². The van der Waals surface area contributed by atoms with Gasteiger partial charge >= 0.3 is 13.2 Å². The fourth-order valence-electron chi connectivity index (χ4n) is 3.00. The van der Waals surface area contributed by atoms with E-state index in [9.17, 15) is 4.79 Å². The van der Waals surface area contributed by atoms with Crippen molar-refractivity contribution in [1.82, 2.24) is 10.3 Å². The van der Waals surface area contributed by atoms with Gasteiger partial charge in [0.2, 0.25) is 0 Å². The SMILES string of the molecule is COc1cccnc1C=C(CNC(=O)OCc1ccccc1)B1OC(C)(C)C(C)(C)O1. The first kappa shape index (κ1) is 22.8. The van der Waals surface area contributed by atoms with Gasteiger partial charge in [-0.05, 0) is 56.9 Å². The fourth-order valence-corrected chi connectivity index (χ4v) is 3.00. The predicted octanol–water partition coefficient (Wildman–Crippen LogP) is 4.03. The van der Waals surface area contributed by atoms with Crippen molar-refractivity contribution in [3.05, 3.63) is 65.4 Å². The lowest BCUT2D eigenvalue weighted by Crippen LogP contribution is -2.41. The summed E-state index contributed by atoms with van der Waals surface area (Å²) in [7, 11) is 0.938. The van der Waals surface area contributed by atoms with Gasteiger partial charge < -0.3 is 24.1 Å². The normalized spacial score (nSPS) is 17.3. The molecular formula is C23H29BN2O5. The molecule has 0 unspecified atom stereocenters. The number of pyridine rings is 1. The van der Waals surface area contributed by atoms with Crippen LogP contribution in [-0.2, 0) is 20.7 Å². The molecule has 2 heterocycles. The molecular weight excluding hydrogens is 395 g/mol. The number of nitrogens with zero attached hydrogens (tertiary/aromatic N) is 1. The number of carbonyl (C=O) groups excluding carboxylic acids is 1. The van der Waals surface area contributed by atoms with Crippen molar-refractivity contribution in [2.45, 2.75) is 45.5 Å². The Balaban J connectivity index is 1.75. The standard InChI is InChI=1S/C23H29BN2O5/c1-22(2)23(3,4)31-24(30-22)18(14-19-20(28-5)12-9-13-25-19)15-26-21(27)29-16-17-10-7-6-8-11-17/h6-14H,15-16H2,1-5H3,(H,26,27). The highest BCUT2D eigenvalue weighted by atomic mass is 16.7. The lowest BCUT2D eigenvalue weighted by atomic mass is 9.77. The maximum absolute atomic E-state index is 12.3. The molecule has 0 spiro atoms. The number of methoxy groups -OCH3 is 1. The molecule has 1 saturated heterocycles. The number of ether oxygens (including phenoxy) is 2. The van der Waals surface area contributed by atoms with E-state index >= 15 is 0 Å². The Hall–Kier alpha value is -2.84. The molecule has 0 aliphatic carbocycles. The number of carbonyl (C=O) groups is 1. The summed E-state index contributed by atoms with van der Waals surface area (Å²) in [5, 5.41) is 2.78. The lowest BCUT2D eigenvalue weighted by molar-refractivity contribution is 0.00578. The Bertz CT molecular complexity index is 915. The van der Waals surface area contributed by atoms with E-state index in [1.807, 2.05) is 70.2 Å². The zero-order valence-corrected chi connectivity index (χ0v) is 18.7. The van der Waals surface area contributed by atoms with Crippen molar-refractivity contribution in [3.63, 3.8) is 0 Å². The van der Waals surface area contributed by atoms with E-state index in [0.29, 0.717) is 16.9 Å². The Morgan fingerprint density at radius 2 is 1.77 bits per heavy atom. The second-order valence-electron chi connectivity index (χ2n) is 8.31. The van der Waals surface area contributed by atoms with Crippen molar-refractivity contribution in [2.24, 2.45) is 0 Å². The molecule has 1 N–H and O–H groups in total. The summed E-state index contributed by atoms with van der Waals surface area (Å²) < 4.78 is 23.1. The average molecular weight is 424 g/mol. The van der Waals surface area contributed by atoms with Gasteiger partial charge in [0.25, 0.3) is 0 Å². The van der Waals surface area contributed by atoms with Gasteiger partial charge in [-0.3, -0.25) is 4.98 Å². The topological polar surface area (TPSA) is 78.9 Å². The molecule has 1 aromatic carbocycles. The van der Waals surface area contributed by atoms with Crippen molar-refractivity contribution < 1.29 is 23.6 Å². The minimum Gasteiger partial charge on any atom is -0.494 e. The molecule has 0 saturated carbocycles. The number of hydrogen-bond donors (Lipinski definition) is 1. The zero-order chi connectivity index (χ0) is 22.5. The van der Waals surface area contributed by atoms with Gasteiger partial charge in [-0.2, -0.15) is 0 Å². The van der Waals surface area contributed by atoms with E-state index in [1.54, 1.807) is 19.4 Å². The second kappa shape index (κ2) is 9.53. The van der Waals surface area contributed by atoms with Gasteiger partial charge in [-0.25, -0.2) is 4.79 Å². The minimum atomic E-state index is -0.647. The van der Waals surface area contributed by atoms with Gasteiger partial charge in [0.05, 0.1) is 18.3 Å². The van der Waals surface area contributed by atoms with E-state index in [-0.39, 0.29) is 13.2 Å². The summed E-state index contributed by atoms with van der Waals surface area (Å²) >= 11 is 0. The van der Waals surface area contributed by atoms with Crippen molar-refractivity contribution >= 4 is 19.3 Å². The lowest BCUT2D eigenvalue weighted by Gasteiger charge is -2.32. The molecule has 1 amide bonds. The average Bonchev–Trinajstić information content (AvgIpc) is 2.97. The third-order valence-corrected chi connectivity index (χ3v) is 5.55. The van der Waals surface area contributed by atoms with Crippen LogP contribution < -0.4 is 10.1 Å². The van der Waals surface area contributed by atoms with Crippen LogP contribution in [0.3, 0.4) is 0 Å². The first-order valence-electron chi connectivity index (χ1n) is 10.2. The molecule has 0 atom stereocenters. The molecule has 31 heavy (non-hydrogen) atoms. The Kier molecular flexibility index (Phi) is 7.03. The highest BCUT2D eigenvalue weighted by molar-refractivity contribution is 6.56. The number of aromatic nitrogens is 1. The molecule has 3 rings (SSSR count). The van der Waals surface area contributed by atoms with Crippen LogP contribution in [0.15, 0.2) is 54.1 Å². The maximum Gasteiger partial charge on any atom is 0.492 e. The van der Waals surface area contributed by atoms with Crippen LogP contribution in [0, 0.1) is 0 Å². The van der Waals surface area contributed by atoms with Crippen LogP contribution in [-0.4, -0.2) is 43.1 Å². The molecule has 1 fully saturated rings. The Morgan fingerprint density at radius 1 is 1.10 bits per heavy atom. The van der Waals surface area contributed by atoms with E-state index in [0.717, 1.165) is 5.56 Å². The number of benzene rings is 1. The zero-order valence-electron chi connectivity index (χ0n) is 18.7. The Morgan fingerprint density at radius 3 is 2.42 bits per heavy atom. The van der Waals surface area contributed by atoms with Gasteiger partial charge in [0.1, 0.15) is 18.1 Å². The summed E-state index contributed by atoms with van der Waals surface area (Å²) in [6, 6.07) is 13.1. The summed E-state index contributed by atoms with van der Waals surface area (Å²) in [4.78, 5) is 16.7. The van der Waals surface area contributed by atoms with Crippen molar-refractivity contribution in [1.29, 1.82) is 0 Å². The summed E-state index contributed by atoms with van der Waals surface area (Å²) in [6.45, 7) is 8.28. The van der Waals surface area contributed by atoms with Crippen molar-refractivity contribution in [2.75, 3.05) is 13.7 Å².